The van der Waals surface area contributed by atoms with Gasteiger partial charge in [0.25, 0.3) is 5.91 Å². The summed E-state index contributed by atoms with van der Waals surface area (Å²) in [5.41, 5.74) is 2.27. The molecule has 0 aromatic heterocycles. The average Bonchev–Trinajstić information content (AvgIpc) is 2.73. The van der Waals surface area contributed by atoms with Crippen LogP contribution in [0.1, 0.15) is 24.2 Å². The third-order valence-electron chi connectivity index (χ3n) is 4.98. The SMILES string of the molecule is CC(C)CNC(=O)c1ccccc1NC(=O)CN1CCN(c2ccccc2)CC1. The van der Waals surface area contributed by atoms with Crippen molar-refractivity contribution in [1.29, 1.82) is 0 Å². The lowest BCUT2D eigenvalue weighted by atomic mass is 10.1. The molecule has 0 bridgehead atoms. The lowest BCUT2D eigenvalue weighted by molar-refractivity contribution is -0.117. The van der Waals surface area contributed by atoms with Gasteiger partial charge in [0.15, 0.2) is 0 Å². The molecule has 0 saturated carbocycles. The highest BCUT2D eigenvalue weighted by atomic mass is 16.2. The number of hydrogen-bond donors (Lipinski definition) is 2. The van der Waals surface area contributed by atoms with Gasteiger partial charge in [0.05, 0.1) is 17.8 Å². The molecule has 2 aromatic carbocycles. The maximum absolute atomic E-state index is 12.6. The van der Waals surface area contributed by atoms with Crippen LogP contribution in [0.2, 0.25) is 0 Å². The van der Waals surface area contributed by atoms with Crippen molar-refractivity contribution in [3.63, 3.8) is 0 Å². The second-order valence-corrected chi connectivity index (χ2v) is 7.80. The van der Waals surface area contributed by atoms with Crippen molar-refractivity contribution in [2.24, 2.45) is 5.92 Å². The second kappa shape index (κ2) is 10.1. The summed E-state index contributed by atoms with van der Waals surface area (Å²) in [7, 11) is 0. The second-order valence-electron chi connectivity index (χ2n) is 7.80. The van der Waals surface area contributed by atoms with E-state index in [1.165, 1.54) is 5.69 Å². The zero-order chi connectivity index (χ0) is 20.6. The fraction of sp³-hybridized carbons (Fsp3) is 0.391. The Labute approximate surface area is 172 Å². The highest BCUT2D eigenvalue weighted by Gasteiger charge is 2.20. The first-order chi connectivity index (χ1) is 14.0. The van der Waals surface area contributed by atoms with Crippen molar-refractivity contribution in [2.75, 3.05) is 49.5 Å². The molecule has 2 N–H and O–H groups in total. The minimum atomic E-state index is -0.161. The molecule has 0 unspecified atom stereocenters. The van der Waals surface area contributed by atoms with Gasteiger partial charge in [-0.25, -0.2) is 0 Å². The van der Waals surface area contributed by atoms with Gasteiger partial charge < -0.3 is 15.5 Å². The van der Waals surface area contributed by atoms with E-state index in [0.29, 0.717) is 30.3 Å². The number of carbonyl (C=O) groups is 2. The minimum Gasteiger partial charge on any atom is -0.369 e. The Morgan fingerprint density at radius 1 is 0.931 bits per heavy atom. The molecule has 29 heavy (non-hydrogen) atoms. The molecule has 1 fully saturated rings. The lowest BCUT2D eigenvalue weighted by Crippen LogP contribution is -2.48. The highest BCUT2D eigenvalue weighted by molar-refractivity contribution is 6.04. The lowest BCUT2D eigenvalue weighted by Gasteiger charge is -2.35. The van der Waals surface area contributed by atoms with E-state index in [1.54, 1.807) is 12.1 Å². The van der Waals surface area contributed by atoms with Crippen LogP contribution in [0.3, 0.4) is 0 Å². The molecule has 2 amide bonds. The Kier molecular flexibility index (Phi) is 7.25. The molecule has 0 spiro atoms. The van der Waals surface area contributed by atoms with Gasteiger partial charge in [-0.3, -0.25) is 14.5 Å². The van der Waals surface area contributed by atoms with Gasteiger partial charge in [0.1, 0.15) is 0 Å². The van der Waals surface area contributed by atoms with Crippen LogP contribution in [-0.2, 0) is 4.79 Å². The third-order valence-corrected chi connectivity index (χ3v) is 4.98. The number of hydrogen-bond acceptors (Lipinski definition) is 4. The highest BCUT2D eigenvalue weighted by Crippen LogP contribution is 2.17. The van der Waals surface area contributed by atoms with Crippen molar-refractivity contribution >= 4 is 23.2 Å². The Balaban J connectivity index is 1.52. The van der Waals surface area contributed by atoms with Crippen LogP contribution < -0.4 is 15.5 Å². The minimum absolute atomic E-state index is 0.0951. The fourth-order valence-corrected chi connectivity index (χ4v) is 3.38. The molecule has 6 heteroatoms. The predicted molar refractivity (Wildman–Crippen MR) is 117 cm³/mol. The average molecular weight is 395 g/mol. The van der Waals surface area contributed by atoms with Gasteiger partial charge in [0.2, 0.25) is 5.91 Å². The molecular formula is C23H30N4O2. The van der Waals surface area contributed by atoms with Crippen LogP contribution in [0.25, 0.3) is 0 Å². The molecule has 0 atom stereocenters. The summed E-state index contributed by atoms with van der Waals surface area (Å²) in [5, 5.41) is 5.82. The maximum Gasteiger partial charge on any atom is 0.253 e. The molecule has 1 aliphatic heterocycles. The summed E-state index contributed by atoms with van der Waals surface area (Å²) >= 11 is 0. The molecule has 1 aliphatic rings. The van der Waals surface area contributed by atoms with Gasteiger partial charge in [0, 0.05) is 38.4 Å². The molecular weight excluding hydrogens is 364 g/mol. The zero-order valence-corrected chi connectivity index (χ0v) is 17.2. The Bertz CT molecular complexity index is 815. The first kappa shape index (κ1) is 20.9. The van der Waals surface area contributed by atoms with Crippen LogP contribution in [0.5, 0.6) is 0 Å². The maximum atomic E-state index is 12.6. The zero-order valence-electron chi connectivity index (χ0n) is 17.2. The van der Waals surface area contributed by atoms with Crippen LogP contribution in [0.4, 0.5) is 11.4 Å². The number of anilines is 2. The topological polar surface area (TPSA) is 64.7 Å². The number of nitrogens with one attached hydrogen (secondary N) is 2. The van der Waals surface area contributed by atoms with Crippen LogP contribution in [0, 0.1) is 5.92 Å². The Morgan fingerprint density at radius 2 is 1.59 bits per heavy atom. The molecule has 1 heterocycles. The van der Waals surface area contributed by atoms with E-state index in [1.807, 2.05) is 44.2 Å². The number of amides is 2. The van der Waals surface area contributed by atoms with Crippen LogP contribution in [0.15, 0.2) is 54.6 Å². The van der Waals surface area contributed by atoms with E-state index in [9.17, 15) is 9.59 Å². The van der Waals surface area contributed by atoms with Crippen molar-refractivity contribution in [2.45, 2.75) is 13.8 Å². The molecule has 3 rings (SSSR count). The van der Waals surface area contributed by atoms with Crippen LogP contribution >= 0.6 is 0 Å². The molecule has 0 radical (unpaired) electrons. The van der Waals surface area contributed by atoms with Gasteiger partial charge >= 0.3 is 0 Å². The van der Waals surface area contributed by atoms with Crippen molar-refractivity contribution in [3.8, 4) is 0 Å². The summed E-state index contributed by atoms with van der Waals surface area (Å²) < 4.78 is 0. The number of para-hydroxylation sites is 2. The quantitative estimate of drug-likeness (QED) is 0.758. The summed E-state index contributed by atoms with van der Waals surface area (Å²) in [6.45, 7) is 8.48. The fourth-order valence-electron chi connectivity index (χ4n) is 3.38. The van der Waals surface area contributed by atoms with Crippen molar-refractivity contribution < 1.29 is 9.59 Å². The van der Waals surface area contributed by atoms with Crippen LogP contribution in [-0.4, -0.2) is 56.0 Å². The van der Waals surface area contributed by atoms with Gasteiger partial charge in [-0.2, -0.15) is 0 Å². The number of rotatable bonds is 7. The van der Waals surface area contributed by atoms with E-state index in [2.05, 4.69) is 32.6 Å². The molecule has 6 nitrogen and oxygen atoms in total. The standard InChI is InChI=1S/C23H30N4O2/c1-18(2)16-24-23(29)20-10-6-7-11-21(20)25-22(28)17-26-12-14-27(15-13-26)19-8-4-3-5-9-19/h3-11,18H,12-17H2,1-2H3,(H,24,29)(H,25,28). The molecule has 2 aromatic rings. The van der Waals surface area contributed by atoms with Gasteiger partial charge in [-0.1, -0.05) is 44.2 Å². The van der Waals surface area contributed by atoms with E-state index in [-0.39, 0.29) is 11.8 Å². The number of nitrogens with zero attached hydrogens (tertiary/aromatic N) is 2. The number of carbonyl (C=O) groups excluding carboxylic acids is 2. The Morgan fingerprint density at radius 3 is 2.28 bits per heavy atom. The summed E-state index contributed by atoms with van der Waals surface area (Å²) in [5.74, 6) is 0.114. The smallest absolute Gasteiger partial charge is 0.253 e. The van der Waals surface area contributed by atoms with Gasteiger partial charge in [-0.15, -0.1) is 0 Å². The third kappa shape index (κ3) is 6.06. The van der Waals surface area contributed by atoms with E-state index < -0.39 is 0 Å². The Hall–Kier alpha value is -2.86. The summed E-state index contributed by atoms with van der Waals surface area (Å²) in [4.78, 5) is 29.5. The molecule has 154 valence electrons. The normalized spacial score (nSPS) is 14.7. The van der Waals surface area contributed by atoms with Crippen molar-refractivity contribution in [3.05, 3.63) is 60.2 Å². The van der Waals surface area contributed by atoms with Gasteiger partial charge in [-0.05, 0) is 30.2 Å². The predicted octanol–water partition coefficient (Wildman–Crippen LogP) is 2.83. The van der Waals surface area contributed by atoms with E-state index >= 15 is 0 Å². The summed E-state index contributed by atoms with van der Waals surface area (Å²) in [6, 6.07) is 17.5. The first-order valence-corrected chi connectivity index (χ1v) is 10.2. The van der Waals surface area contributed by atoms with E-state index in [0.717, 1.165) is 26.2 Å². The summed E-state index contributed by atoms with van der Waals surface area (Å²) in [6.07, 6.45) is 0. The van der Waals surface area contributed by atoms with Crippen molar-refractivity contribution in [1.82, 2.24) is 10.2 Å². The largest absolute Gasteiger partial charge is 0.369 e. The number of piperazine rings is 1. The molecule has 0 aliphatic carbocycles. The first-order valence-electron chi connectivity index (χ1n) is 10.2. The monoisotopic (exact) mass is 394 g/mol. The van der Waals surface area contributed by atoms with E-state index in [4.69, 9.17) is 0 Å². The molecule has 1 saturated heterocycles. The number of benzene rings is 2.